The quantitative estimate of drug-likeness (QED) is 0.848. The Balaban J connectivity index is 1.99. The lowest BCUT2D eigenvalue weighted by atomic mass is 9.88. The van der Waals surface area contributed by atoms with Gasteiger partial charge in [0.15, 0.2) is 11.6 Å². The van der Waals surface area contributed by atoms with Crippen LogP contribution in [0, 0.1) is 17.0 Å². The highest BCUT2D eigenvalue weighted by Gasteiger charge is 2.29. The molecule has 1 N–H and O–H groups in total. The fourth-order valence-electron chi connectivity index (χ4n) is 2.77. The van der Waals surface area contributed by atoms with E-state index in [1.54, 1.807) is 12.1 Å². The van der Waals surface area contributed by atoms with Gasteiger partial charge in [0, 0.05) is 18.2 Å². The molecule has 18 heavy (non-hydrogen) atoms. The predicted molar refractivity (Wildman–Crippen MR) is 69.4 cm³/mol. The smallest absolute Gasteiger partial charge is 0.163 e. The molecule has 0 aliphatic heterocycles. The van der Waals surface area contributed by atoms with Gasteiger partial charge >= 0.3 is 0 Å². The maximum absolute atomic E-state index is 13.6. The zero-order valence-electron chi connectivity index (χ0n) is 11.1. The highest BCUT2D eigenvalue weighted by molar-refractivity contribution is 5.22. The normalized spacial score (nSPS) is 20.0. The van der Waals surface area contributed by atoms with Crippen molar-refractivity contribution in [1.29, 1.82) is 0 Å². The number of nitrogens with one attached hydrogen (secondary N) is 1. The molecule has 0 saturated heterocycles. The van der Waals surface area contributed by atoms with Gasteiger partial charge in [0.05, 0.1) is 0 Å². The summed E-state index contributed by atoms with van der Waals surface area (Å²) in [6.07, 6.45) is 5.00. The first-order chi connectivity index (χ1) is 8.52. The maximum atomic E-state index is 13.6. The molecular formula is C15H21F2N. The summed E-state index contributed by atoms with van der Waals surface area (Å²) in [6.45, 7) is 5.02. The van der Waals surface area contributed by atoms with E-state index in [0.717, 1.165) is 12.6 Å². The van der Waals surface area contributed by atoms with E-state index in [4.69, 9.17) is 0 Å². The molecule has 1 aliphatic carbocycles. The summed E-state index contributed by atoms with van der Waals surface area (Å²) in [5.41, 5.74) is 0.731. The van der Waals surface area contributed by atoms with E-state index in [1.165, 1.54) is 25.7 Å². The lowest BCUT2D eigenvalue weighted by Gasteiger charge is -2.26. The van der Waals surface area contributed by atoms with Crippen LogP contribution in [0.2, 0.25) is 0 Å². The van der Waals surface area contributed by atoms with Crippen LogP contribution >= 0.6 is 0 Å². The van der Waals surface area contributed by atoms with Crippen LogP contribution in [0.1, 0.15) is 51.1 Å². The molecule has 1 aliphatic rings. The fraction of sp³-hybridized carbons (Fsp3) is 0.600. The van der Waals surface area contributed by atoms with Gasteiger partial charge in [-0.25, -0.2) is 8.78 Å². The van der Waals surface area contributed by atoms with E-state index in [1.807, 2.05) is 6.92 Å². The highest BCUT2D eigenvalue weighted by atomic mass is 19.2. The Hall–Kier alpha value is -0.960. The van der Waals surface area contributed by atoms with Gasteiger partial charge in [-0.2, -0.15) is 0 Å². The van der Waals surface area contributed by atoms with Crippen LogP contribution in [-0.2, 0) is 0 Å². The molecule has 1 atom stereocenters. The van der Waals surface area contributed by atoms with Gasteiger partial charge in [-0.1, -0.05) is 31.9 Å². The summed E-state index contributed by atoms with van der Waals surface area (Å²) in [4.78, 5) is 0. The van der Waals surface area contributed by atoms with E-state index in [2.05, 4.69) is 12.2 Å². The van der Waals surface area contributed by atoms with Crippen LogP contribution in [0.25, 0.3) is 0 Å². The van der Waals surface area contributed by atoms with Gasteiger partial charge in [-0.05, 0) is 31.2 Å². The Morgan fingerprint density at radius 2 is 1.94 bits per heavy atom. The Labute approximate surface area is 108 Å². The number of halogens is 2. The molecule has 1 unspecified atom stereocenters. The summed E-state index contributed by atoms with van der Waals surface area (Å²) < 4.78 is 26.8. The van der Waals surface area contributed by atoms with E-state index >= 15 is 0 Å². The average Bonchev–Trinajstić information content (AvgIpc) is 2.77. The molecule has 3 heteroatoms. The van der Waals surface area contributed by atoms with Crippen LogP contribution in [0.3, 0.4) is 0 Å². The second kappa shape index (κ2) is 5.35. The van der Waals surface area contributed by atoms with Gasteiger partial charge < -0.3 is 5.32 Å². The molecule has 0 bridgehead atoms. The van der Waals surface area contributed by atoms with E-state index in [9.17, 15) is 8.78 Å². The van der Waals surface area contributed by atoms with Crippen molar-refractivity contribution in [3.63, 3.8) is 0 Å². The summed E-state index contributed by atoms with van der Waals surface area (Å²) in [7, 11) is 0. The molecule has 1 saturated carbocycles. The molecule has 0 heterocycles. The monoisotopic (exact) mass is 253 g/mol. The standard InChI is InChI=1S/C15H21F2N/c1-11(12-6-5-7-13(16)14(12)17)18-10-15(2)8-3-4-9-15/h5-7,11,18H,3-4,8-10H2,1-2H3. The highest BCUT2D eigenvalue weighted by Crippen LogP contribution is 2.37. The largest absolute Gasteiger partial charge is 0.310 e. The van der Waals surface area contributed by atoms with Crippen LogP contribution in [0.5, 0.6) is 0 Å². The van der Waals surface area contributed by atoms with Crippen molar-refractivity contribution in [3.05, 3.63) is 35.4 Å². The summed E-state index contributed by atoms with van der Waals surface area (Å²) in [5.74, 6) is -1.50. The maximum Gasteiger partial charge on any atom is 0.163 e. The van der Waals surface area contributed by atoms with Crippen molar-refractivity contribution in [2.24, 2.45) is 5.41 Å². The lowest BCUT2D eigenvalue weighted by Crippen LogP contribution is -2.31. The number of benzene rings is 1. The van der Waals surface area contributed by atoms with E-state index in [-0.39, 0.29) is 6.04 Å². The predicted octanol–water partition coefficient (Wildman–Crippen LogP) is 4.20. The third-order valence-electron chi connectivity index (χ3n) is 4.09. The van der Waals surface area contributed by atoms with Crippen LogP contribution in [-0.4, -0.2) is 6.54 Å². The van der Waals surface area contributed by atoms with Gasteiger partial charge in [-0.3, -0.25) is 0 Å². The molecule has 2 rings (SSSR count). The SMILES string of the molecule is CC(NCC1(C)CCCC1)c1cccc(F)c1F. The van der Waals surface area contributed by atoms with Crippen LogP contribution in [0.15, 0.2) is 18.2 Å². The van der Waals surface area contributed by atoms with Crippen LogP contribution in [0.4, 0.5) is 8.78 Å². The molecule has 1 nitrogen and oxygen atoms in total. The molecule has 0 amide bonds. The first-order valence-electron chi connectivity index (χ1n) is 6.69. The second-order valence-corrected chi connectivity index (χ2v) is 5.76. The van der Waals surface area contributed by atoms with Crippen molar-refractivity contribution in [3.8, 4) is 0 Å². The molecule has 1 fully saturated rings. The molecule has 0 radical (unpaired) electrons. The third kappa shape index (κ3) is 2.89. The Morgan fingerprint density at radius 3 is 2.61 bits per heavy atom. The summed E-state index contributed by atoms with van der Waals surface area (Å²) in [5, 5.41) is 3.34. The van der Waals surface area contributed by atoms with Gasteiger partial charge in [-0.15, -0.1) is 0 Å². The Morgan fingerprint density at radius 1 is 1.28 bits per heavy atom. The van der Waals surface area contributed by atoms with Crippen molar-refractivity contribution in [2.45, 2.75) is 45.6 Å². The number of hydrogen-bond acceptors (Lipinski definition) is 1. The zero-order chi connectivity index (χ0) is 13.2. The number of rotatable bonds is 4. The minimum atomic E-state index is -0.770. The average molecular weight is 253 g/mol. The number of hydrogen-bond donors (Lipinski definition) is 1. The Bertz CT molecular complexity index is 411. The van der Waals surface area contributed by atoms with Gasteiger partial charge in [0.25, 0.3) is 0 Å². The first-order valence-corrected chi connectivity index (χ1v) is 6.69. The molecule has 100 valence electrons. The lowest BCUT2D eigenvalue weighted by molar-refractivity contribution is 0.299. The fourth-order valence-corrected chi connectivity index (χ4v) is 2.77. The summed E-state index contributed by atoms with van der Waals surface area (Å²) in [6, 6.07) is 4.21. The van der Waals surface area contributed by atoms with Crippen molar-refractivity contribution < 1.29 is 8.78 Å². The van der Waals surface area contributed by atoms with Crippen molar-refractivity contribution in [1.82, 2.24) is 5.32 Å². The molecule has 1 aromatic rings. The van der Waals surface area contributed by atoms with E-state index in [0.29, 0.717) is 11.0 Å². The second-order valence-electron chi connectivity index (χ2n) is 5.76. The molecule has 1 aromatic carbocycles. The molecule has 0 spiro atoms. The van der Waals surface area contributed by atoms with Crippen LogP contribution < -0.4 is 5.32 Å². The third-order valence-corrected chi connectivity index (χ3v) is 4.09. The summed E-state index contributed by atoms with van der Waals surface area (Å²) >= 11 is 0. The van der Waals surface area contributed by atoms with Gasteiger partial charge in [0.2, 0.25) is 0 Å². The van der Waals surface area contributed by atoms with Crippen molar-refractivity contribution >= 4 is 0 Å². The van der Waals surface area contributed by atoms with E-state index < -0.39 is 11.6 Å². The van der Waals surface area contributed by atoms with Gasteiger partial charge in [0.1, 0.15) is 0 Å². The molecular weight excluding hydrogens is 232 g/mol. The molecule has 0 aromatic heterocycles. The minimum Gasteiger partial charge on any atom is -0.310 e. The van der Waals surface area contributed by atoms with Crippen molar-refractivity contribution in [2.75, 3.05) is 6.54 Å². The Kier molecular flexibility index (Phi) is 4.00. The first kappa shape index (κ1) is 13.5. The zero-order valence-corrected chi connectivity index (χ0v) is 11.1. The minimum absolute atomic E-state index is 0.155. The topological polar surface area (TPSA) is 12.0 Å².